The molecule has 0 bridgehead atoms. The molecule has 1 aromatic rings. The summed E-state index contributed by atoms with van der Waals surface area (Å²) in [6.45, 7) is 1.03. The van der Waals surface area contributed by atoms with E-state index in [1.165, 1.54) is 0 Å². The SMILES string of the molecule is COc1ccc(OC)c(N2CC(N)CC(C(=O)O)C2)c1. The second-order valence-corrected chi connectivity index (χ2v) is 4.97. The van der Waals surface area contributed by atoms with E-state index in [0.29, 0.717) is 31.0 Å². The number of aliphatic carboxylic acids is 1. The summed E-state index contributed by atoms with van der Waals surface area (Å²) in [5, 5.41) is 9.21. The maximum Gasteiger partial charge on any atom is 0.308 e. The van der Waals surface area contributed by atoms with Crippen molar-refractivity contribution in [1.29, 1.82) is 0 Å². The van der Waals surface area contributed by atoms with Gasteiger partial charge in [-0.15, -0.1) is 0 Å². The van der Waals surface area contributed by atoms with Crippen molar-refractivity contribution in [3.63, 3.8) is 0 Å². The van der Waals surface area contributed by atoms with Crippen molar-refractivity contribution in [3.05, 3.63) is 18.2 Å². The molecule has 0 aliphatic carbocycles. The second kappa shape index (κ2) is 6.00. The number of carboxylic acids is 1. The van der Waals surface area contributed by atoms with Crippen LogP contribution in [0.5, 0.6) is 11.5 Å². The number of carboxylic acid groups (broad SMARTS) is 1. The van der Waals surface area contributed by atoms with Crippen LogP contribution < -0.4 is 20.1 Å². The molecule has 0 saturated carbocycles. The van der Waals surface area contributed by atoms with Crippen LogP contribution in [0.15, 0.2) is 18.2 Å². The van der Waals surface area contributed by atoms with Crippen LogP contribution in [0.3, 0.4) is 0 Å². The zero-order valence-electron chi connectivity index (χ0n) is 11.7. The number of nitrogens with zero attached hydrogens (tertiary/aromatic N) is 1. The minimum Gasteiger partial charge on any atom is -0.497 e. The van der Waals surface area contributed by atoms with Crippen LogP contribution >= 0.6 is 0 Å². The summed E-state index contributed by atoms with van der Waals surface area (Å²) in [6, 6.07) is 5.29. The fourth-order valence-corrected chi connectivity index (χ4v) is 2.56. The van der Waals surface area contributed by atoms with Gasteiger partial charge in [0.1, 0.15) is 11.5 Å². The number of ether oxygens (including phenoxy) is 2. The number of piperidine rings is 1. The molecule has 0 amide bonds. The Bertz CT molecular complexity index is 492. The van der Waals surface area contributed by atoms with E-state index in [-0.39, 0.29) is 6.04 Å². The molecule has 1 heterocycles. The zero-order valence-corrected chi connectivity index (χ0v) is 11.7. The quantitative estimate of drug-likeness (QED) is 0.854. The standard InChI is InChI=1S/C14H20N2O4/c1-19-11-3-4-13(20-2)12(6-11)16-7-9(14(17)18)5-10(15)8-16/h3-4,6,9-10H,5,7-8,15H2,1-2H3,(H,17,18). The summed E-state index contributed by atoms with van der Waals surface area (Å²) >= 11 is 0. The third-order valence-electron chi connectivity index (χ3n) is 3.56. The Labute approximate surface area is 118 Å². The molecule has 2 atom stereocenters. The molecule has 1 fully saturated rings. The molecule has 1 saturated heterocycles. The van der Waals surface area contributed by atoms with E-state index in [0.717, 1.165) is 5.69 Å². The molecular weight excluding hydrogens is 260 g/mol. The van der Waals surface area contributed by atoms with E-state index in [1.807, 2.05) is 17.0 Å². The van der Waals surface area contributed by atoms with Gasteiger partial charge in [0.15, 0.2) is 0 Å². The van der Waals surface area contributed by atoms with Crippen LogP contribution in [-0.2, 0) is 4.79 Å². The second-order valence-electron chi connectivity index (χ2n) is 4.97. The smallest absolute Gasteiger partial charge is 0.308 e. The largest absolute Gasteiger partial charge is 0.497 e. The minimum absolute atomic E-state index is 0.166. The highest BCUT2D eigenvalue weighted by atomic mass is 16.5. The van der Waals surface area contributed by atoms with E-state index in [9.17, 15) is 9.90 Å². The molecule has 20 heavy (non-hydrogen) atoms. The summed E-state index contributed by atoms with van der Waals surface area (Å²) in [4.78, 5) is 13.2. The van der Waals surface area contributed by atoms with Gasteiger partial charge < -0.3 is 25.2 Å². The van der Waals surface area contributed by atoms with Crippen molar-refractivity contribution in [3.8, 4) is 11.5 Å². The number of methoxy groups -OCH3 is 2. The van der Waals surface area contributed by atoms with Crippen LogP contribution in [0, 0.1) is 5.92 Å². The minimum atomic E-state index is -0.813. The predicted octanol–water partition coefficient (Wildman–Crippen LogP) is 0.942. The third kappa shape index (κ3) is 2.96. The molecule has 0 aromatic heterocycles. The van der Waals surface area contributed by atoms with Crippen molar-refractivity contribution in [2.75, 3.05) is 32.2 Å². The molecule has 110 valence electrons. The van der Waals surface area contributed by atoms with Crippen LogP contribution in [0.1, 0.15) is 6.42 Å². The van der Waals surface area contributed by atoms with E-state index in [4.69, 9.17) is 15.2 Å². The molecule has 6 heteroatoms. The van der Waals surface area contributed by atoms with Gasteiger partial charge in [0.25, 0.3) is 0 Å². The molecule has 3 N–H and O–H groups in total. The highest BCUT2D eigenvalue weighted by molar-refractivity contribution is 5.72. The number of anilines is 1. The predicted molar refractivity (Wildman–Crippen MR) is 75.5 cm³/mol. The number of carbonyl (C=O) groups is 1. The van der Waals surface area contributed by atoms with Crippen LogP contribution in [0.2, 0.25) is 0 Å². The van der Waals surface area contributed by atoms with Crippen molar-refractivity contribution < 1.29 is 19.4 Å². The van der Waals surface area contributed by atoms with Gasteiger partial charge in [-0.2, -0.15) is 0 Å². The molecule has 0 spiro atoms. The number of rotatable bonds is 4. The average molecular weight is 280 g/mol. The molecule has 2 unspecified atom stereocenters. The van der Waals surface area contributed by atoms with E-state index in [2.05, 4.69) is 0 Å². The Morgan fingerprint density at radius 1 is 1.35 bits per heavy atom. The molecular formula is C14H20N2O4. The lowest BCUT2D eigenvalue weighted by atomic mass is 9.94. The van der Waals surface area contributed by atoms with Crippen LogP contribution in [-0.4, -0.2) is 44.4 Å². The Morgan fingerprint density at radius 2 is 2.10 bits per heavy atom. The first kappa shape index (κ1) is 14.5. The monoisotopic (exact) mass is 280 g/mol. The maximum absolute atomic E-state index is 11.2. The van der Waals surface area contributed by atoms with Gasteiger partial charge in [0.05, 0.1) is 25.8 Å². The van der Waals surface area contributed by atoms with Crippen LogP contribution in [0.25, 0.3) is 0 Å². The fourth-order valence-electron chi connectivity index (χ4n) is 2.56. The van der Waals surface area contributed by atoms with E-state index in [1.54, 1.807) is 20.3 Å². The Morgan fingerprint density at radius 3 is 2.70 bits per heavy atom. The molecule has 2 rings (SSSR count). The topological polar surface area (TPSA) is 85.0 Å². The van der Waals surface area contributed by atoms with Gasteiger partial charge in [-0.05, 0) is 18.6 Å². The normalized spacial score (nSPS) is 22.4. The van der Waals surface area contributed by atoms with Crippen molar-refractivity contribution in [2.24, 2.45) is 11.7 Å². The lowest BCUT2D eigenvalue weighted by molar-refractivity contribution is -0.142. The first-order valence-corrected chi connectivity index (χ1v) is 6.50. The fraction of sp³-hybridized carbons (Fsp3) is 0.500. The lowest BCUT2D eigenvalue weighted by Crippen LogP contribution is -2.49. The van der Waals surface area contributed by atoms with Crippen molar-refractivity contribution in [1.82, 2.24) is 0 Å². The van der Waals surface area contributed by atoms with Gasteiger partial charge in [-0.1, -0.05) is 0 Å². The van der Waals surface area contributed by atoms with Crippen molar-refractivity contribution >= 4 is 11.7 Å². The first-order valence-electron chi connectivity index (χ1n) is 6.50. The third-order valence-corrected chi connectivity index (χ3v) is 3.56. The van der Waals surface area contributed by atoms with E-state index >= 15 is 0 Å². The maximum atomic E-state index is 11.2. The van der Waals surface area contributed by atoms with E-state index < -0.39 is 11.9 Å². The highest BCUT2D eigenvalue weighted by Crippen LogP contribution is 2.34. The summed E-state index contributed by atoms with van der Waals surface area (Å²) in [5.41, 5.74) is 6.79. The van der Waals surface area contributed by atoms with Gasteiger partial charge in [0, 0.05) is 25.2 Å². The molecule has 0 radical (unpaired) electrons. The summed E-state index contributed by atoms with van der Waals surface area (Å²) in [5.74, 6) is 0.109. The van der Waals surface area contributed by atoms with Gasteiger partial charge in [0.2, 0.25) is 0 Å². The summed E-state index contributed by atoms with van der Waals surface area (Å²) in [7, 11) is 3.18. The molecule has 1 aliphatic rings. The lowest BCUT2D eigenvalue weighted by Gasteiger charge is -2.36. The van der Waals surface area contributed by atoms with Gasteiger partial charge in [-0.25, -0.2) is 0 Å². The van der Waals surface area contributed by atoms with Gasteiger partial charge >= 0.3 is 5.97 Å². The number of hydrogen-bond donors (Lipinski definition) is 2. The molecule has 1 aliphatic heterocycles. The Hall–Kier alpha value is -1.95. The number of hydrogen-bond acceptors (Lipinski definition) is 5. The Balaban J connectivity index is 2.31. The molecule has 6 nitrogen and oxygen atoms in total. The Kier molecular flexibility index (Phi) is 4.34. The average Bonchev–Trinajstić information content (AvgIpc) is 2.45. The summed E-state index contributed by atoms with van der Waals surface area (Å²) < 4.78 is 10.6. The summed E-state index contributed by atoms with van der Waals surface area (Å²) in [6.07, 6.45) is 0.498. The first-order chi connectivity index (χ1) is 9.55. The number of nitrogens with two attached hydrogens (primary N) is 1. The highest BCUT2D eigenvalue weighted by Gasteiger charge is 2.31. The van der Waals surface area contributed by atoms with Crippen molar-refractivity contribution in [2.45, 2.75) is 12.5 Å². The number of benzene rings is 1. The van der Waals surface area contributed by atoms with Crippen LogP contribution in [0.4, 0.5) is 5.69 Å². The van der Waals surface area contributed by atoms with Gasteiger partial charge in [-0.3, -0.25) is 4.79 Å². The molecule has 1 aromatic carbocycles. The zero-order chi connectivity index (χ0) is 14.7.